The average Bonchev–Trinajstić information content (AvgIpc) is 2.73. The van der Waals surface area contributed by atoms with Crippen LogP contribution in [0.3, 0.4) is 0 Å². The number of aryl methyl sites for hydroxylation is 1. The number of nitrogens with zero attached hydrogens (tertiary/aromatic N) is 2. The van der Waals surface area contributed by atoms with E-state index in [0.29, 0.717) is 6.42 Å². The molecule has 0 spiro atoms. The molecule has 0 saturated carbocycles. The number of ether oxygens (including phenoxy) is 1. The van der Waals surface area contributed by atoms with Gasteiger partial charge in [-0.3, -0.25) is 4.79 Å². The molecular weight excluding hydrogens is 282 g/mol. The number of nitrogens with one attached hydrogen (secondary N) is 1. The Balaban J connectivity index is 2.65. The maximum absolute atomic E-state index is 11.9. The van der Waals surface area contributed by atoms with E-state index in [4.69, 9.17) is 4.74 Å². The van der Waals surface area contributed by atoms with E-state index in [2.05, 4.69) is 22.4 Å². The van der Waals surface area contributed by atoms with Gasteiger partial charge in [0.25, 0.3) is 0 Å². The second-order valence-electron chi connectivity index (χ2n) is 4.57. The summed E-state index contributed by atoms with van der Waals surface area (Å²) in [7, 11) is 1.42. The number of esters is 1. The van der Waals surface area contributed by atoms with Crippen molar-refractivity contribution in [3.05, 3.63) is 5.01 Å². The van der Waals surface area contributed by atoms with E-state index in [1.165, 1.54) is 7.11 Å². The van der Waals surface area contributed by atoms with Crippen LogP contribution >= 0.6 is 23.1 Å². The number of hydrogen-bond donors (Lipinski definition) is 1. The molecule has 0 aliphatic rings. The van der Waals surface area contributed by atoms with Gasteiger partial charge in [0.2, 0.25) is 0 Å². The third kappa shape index (κ3) is 4.74. The minimum Gasteiger partial charge on any atom is -0.468 e. The number of hydrogen-bond acceptors (Lipinski definition) is 7. The number of carbonyl (C=O) groups is 1. The van der Waals surface area contributed by atoms with Crippen LogP contribution in [-0.2, 0) is 9.53 Å². The summed E-state index contributed by atoms with van der Waals surface area (Å²) in [5, 5.41) is 12.5. The molecule has 0 aliphatic heterocycles. The van der Waals surface area contributed by atoms with Crippen molar-refractivity contribution in [1.29, 1.82) is 0 Å². The highest BCUT2D eigenvalue weighted by atomic mass is 32.2. The lowest BCUT2D eigenvalue weighted by molar-refractivity contribution is -0.148. The molecule has 0 radical (unpaired) electrons. The zero-order chi connectivity index (χ0) is 14.5. The Labute approximate surface area is 122 Å². The quantitative estimate of drug-likeness (QED) is 0.616. The first-order valence-corrected chi connectivity index (χ1v) is 7.91. The fourth-order valence-corrected chi connectivity index (χ4v) is 4.27. The highest BCUT2D eigenvalue weighted by molar-refractivity contribution is 8.01. The van der Waals surface area contributed by atoms with Gasteiger partial charge < -0.3 is 10.1 Å². The first-order valence-electron chi connectivity index (χ1n) is 6.21. The fraction of sp³-hybridized carbons (Fsp3) is 0.750. The summed E-state index contributed by atoms with van der Waals surface area (Å²) < 4.78 is 5.83. The first-order chi connectivity index (χ1) is 8.91. The van der Waals surface area contributed by atoms with Crippen molar-refractivity contribution >= 4 is 29.1 Å². The molecule has 0 aliphatic carbocycles. The molecule has 1 aromatic rings. The molecule has 1 aromatic heterocycles. The van der Waals surface area contributed by atoms with Crippen molar-refractivity contribution in [2.24, 2.45) is 0 Å². The van der Waals surface area contributed by atoms with Crippen molar-refractivity contribution in [2.75, 3.05) is 13.7 Å². The summed E-state index contributed by atoms with van der Waals surface area (Å²) in [6.45, 7) is 8.60. The molecule has 7 heteroatoms. The Bertz CT molecular complexity index is 425. The zero-order valence-corrected chi connectivity index (χ0v) is 13.7. The highest BCUT2D eigenvalue weighted by Crippen LogP contribution is 2.31. The number of aromatic nitrogens is 2. The van der Waals surface area contributed by atoms with Crippen molar-refractivity contribution in [1.82, 2.24) is 15.5 Å². The molecule has 5 nitrogen and oxygen atoms in total. The molecule has 0 aromatic carbocycles. The summed E-state index contributed by atoms with van der Waals surface area (Å²) in [5.74, 6) is -0.227. The van der Waals surface area contributed by atoms with Crippen LogP contribution in [0.1, 0.15) is 32.2 Å². The van der Waals surface area contributed by atoms with Crippen molar-refractivity contribution in [2.45, 2.75) is 49.2 Å². The summed E-state index contributed by atoms with van der Waals surface area (Å²) in [4.78, 5) is 11.9. The van der Waals surface area contributed by atoms with Gasteiger partial charge in [0, 0.05) is 5.25 Å². The smallest absolute Gasteiger partial charge is 0.325 e. The van der Waals surface area contributed by atoms with Gasteiger partial charge in [-0.05, 0) is 26.8 Å². The van der Waals surface area contributed by atoms with Gasteiger partial charge in [-0.2, -0.15) is 0 Å². The van der Waals surface area contributed by atoms with Gasteiger partial charge in [0.15, 0.2) is 4.34 Å². The minimum atomic E-state index is -0.657. The Kier molecular flexibility index (Phi) is 6.22. The van der Waals surface area contributed by atoms with Gasteiger partial charge in [-0.25, -0.2) is 0 Å². The Morgan fingerprint density at radius 2 is 2.26 bits per heavy atom. The van der Waals surface area contributed by atoms with Gasteiger partial charge in [0.1, 0.15) is 10.5 Å². The van der Waals surface area contributed by atoms with Crippen LogP contribution in [0.5, 0.6) is 0 Å². The minimum absolute atomic E-state index is 0.227. The zero-order valence-electron chi connectivity index (χ0n) is 12.0. The molecule has 0 amide bonds. The third-order valence-electron chi connectivity index (χ3n) is 2.71. The highest BCUT2D eigenvalue weighted by Gasteiger charge is 2.35. The number of carbonyl (C=O) groups excluding carboxylic acids is 1. The molecule has 1 N–H and O–H groups in total. The largest absolute Gasteiger partial charge is 0.468 e. The van der Waals surface area contributed by atoms with Crippen molar-refractivity contribution in [3.63, 3.8) is 0 Å². The Morgan fingerprint density at radius 3 is 2.74 bits per heavy atom. The predicted octanol–water partition coefficient (Wildman–Crippen LogP) is 2.26. The van der Waals surface area contributed by atoms with E-state index in [9.17, 15) is 4.79 Å². The maximum Gasteiger partial charge on any atom is 0.325 e. The van der Waals surface area contributed by atoms with Crippen LogP contribution < -0.4 is 5.32 Å². The topological polar surface area (TPSA) is 64.1 Å². The van der Waals surface area contributed by atoms with Crippen LogP contribution in [0.2, 0.25) is 0 Å². The van der Waals surface area contributed by atoms with Crippen LogP contribution in [0.15, 0.2) is 4.34 Å². The molecule has 2 unspecified atom stereocenters. The molecule has 108 valence electrons. The van der Waals surface area contributed by atoms with Gasteiger partial charge >= 0.3 is 5.97 Å². The summed E-state index contributed by atoms with van der Waals surface area (Å²) in [6.07, 6.45) is 0.677. The second kappa shape index (κ2) is 7.21. The lowest BCUT2D eigenvalue weighted by atomic mass is 9.96. The van der Waals surface area contributed by atoms with E-state index in [-0.39, 0.29) is 11.2 Å². The molecule has 1 heterocycles. The van der Waals surface area contributed by atoms with E-state index in [1.54, 1.807) is 23.1 Å². The van der Waals surface area contributed by atoms with Gasteiger partial charge in [-0.1, -0.05) is 36.9 Å². The van der Waals surface area contributed by atoms with Crippen LogP contribution in [0, 0.1) is 6.92 Å². The van der Waals surface area contributed by atoms with Crippen molar-refractivity contribution in [3.8, 4) is 0 Å². The number of methoxy groups -OCH3 is 1. The van der Waals surface area contributed by atoms with E-state index in [0.717, 1.165) is 15.9 Å². The average molecular weight is 303 g/mol. The normalized spacial score (nSPS) is 15.8. The molecule has 19 heavy (non-hydrogen) atoms. The summed E-state index contributed by atoms with van der Waals surface area (Å²) >= 11 is 3.22. The molecule has 1 rings (SSSR count). The lowest BCUT2D eigenvalue weighted by Crippen LogP contribution is -2.51. The fourth-order valence-electron chi connectivity index (χ4n) is 1.96. The van der Waals surface area contributed by atoms with Crippen LogP contribution in [0.4, 0.5) is 0 Å². The summed E-state index contributed by atoms with van der Waals surface area (Å²) in [5.41, 5.74) is -0.657. The van der Waals surface area contributed by atoms with Crippen molar-refractivity contribution < 1.29 is 9.53 Å². The molecule has 0 bridgehead atoms. The maximum atomic E-state index is 11.9. The molecule has 0 saturated heterocycles. The van der Waals surface area contributed by atoms with E-state index < -0.39 is 5.54 Å². The number of thioether (sulfide) groups is 1. The molecule has 2 atom stereocenters. The van der Waals surface area contributed by atoms with Crippen LogP contribution in [0.25, 0.3) is 0 Å². The lowest BCUT2D eigenvalue weighted by Gasteiger charge is -2.29. The Hall–Kier alpha value is -0.660. The molecular formula is C12H21N3O2S2. The number of rotatable bonds is 7. The monoisotopic (exact) mass is 303 g/mol. The van der Waals surface area contributed by atoms with Crippen LogP contribution in [-0.4, -0.2) is 40.6 Å². The molecule has 0 fully saturated rings. The SMILES string of the molecule is CCNC(C)(CC(C)Sc1nnc(C)s1)C(=O)OC. The Morgan fingerprint density at radius 1 is 1.58 bits per heavy atom. The standard InChI is InChI=1S/C12H21N3O2S2/c1-6-13-12(4,10(16)17-5)7-8(2)18-11-15-14-9(3)19-11/h8,13H,6-7H2,1-5H3. The van der Waals surface area contributed by atoms with Gasteiger partial charge in [0.05, 0.1) is 7.11 Å². The number of likely N-dealkylation sites (N-methyl/N-ethyl adjacent to an activating group) is 1. The third-order valence-corrected chi connectivity index (χ3v) is 4.73. The van der Waals surface area contributed by atoms with E-state index in [1.807, 2.05) is 20.8 Å². The second-order valence-corrected chi connectivity index (χ2v) is 7.44. The van der Waals surface area contributed by atoms with Gasteiger partial charge in [-0.15, -0.1) is 10.2 Å². The first kappa shape index (κ1) is 16.4. The van der Waals surface area contributed by atoms with E-state index >= 15 is 0 Å². The summed E-state index contributed by atoms with van der Waals surface area (Å²) in [6, 6.07) is 0. The predicted molar refractivity (Wildman–Crippen MR) is 78.7 cm³/mol.